The van der Waals surface area contributed by atoms with Crippen molar-refractivity contribution in [3.63, 3.8) is 0 Å². The Labute approximate surface area is 152 Å². The van der Waals surface area contributed by atoms with Crippen LogP contribution in [0.4, 0.5) is 5.69 Å². The second-order valence-electron chi connectivity index (χ2n) is 7.74. The minimum absolute atomic E-state index is 0.0193. The highest BCUT2D eigenvalue weighted by atomic mass is 16.6. The summed E-state index contributed by atoms with van der Waals surface area (Å²) >= 11 is 0. The quantitative estimate of drug-likeness (QED) is 0.667. The van der Waals surface area contributed by atoms with E-state index in [0.717, 1.165) is 17.8 Å². The smallest absolute Gasteiger partial charge is 0.278 e. The van der Waals surface area contributed by atoms with Crippen molar-refractivity contribution in [1.29, 1.82) is 0 Å². The average Bonchev–Trinajstić information content (AvgIpc) is 3.07. The van der Waals surface area contributed by atoms with Crippen LogP contribution in [0.15, 0.2) is 42.6 Å². The van der Waals surface area contributed by atoms with Crippen LogP contribution in [0.3, 0.4) is 0 Å². The van der Waals surface area contributed by atoms with E-state index in [1.807, 2.05) is 28.5 Å². The predicted octanol–water partition coefficient (Wildman–Crippen LogP) is 1.69. The minimum Gasteiger partial charge on any atom is -0.348 e. The Balaban J connectivity index is 1.91. The van der Waals surface area contributed by atoms with Crippen molar-refractivity contribution >= 4 is 11.6 Å². The van der Waals surface area contributed by atoms with Gasteiger partial charge in [-0.1, -0.05) is 0 Å². The fourth-order valence-corrected chi connectivity index (χ4v) is 3.29. The maximum absolute atomic E-state index is 12.9. The first-order chi connectivity index (χ1) is 12.3. The number of non-ortho nitro benzene ring substituents is 1. The molecule has 3 rings (SSSR count). The molecular formula is C19H25N4O3+. The van der Waals surface area contributed by atoms with Crippen molar-refractivity contribution in [2.75, 3.05) is 13.1 Å². The van der Waals surface area contributed by atoms with Crippen molar-refractivity contribution in [3.05, 3.63) is 64.0 Å². The van der Waals surface area contributed by atoms with Crippen molar-refractivity contribution in [3.8, 4) is 0 Å². The fraction of sp³-hybridized carbons (Fsp3) is 0.421. The summed E-state index contributed by atoms with van der Waals surface area (Å²) in [5.74, 6) is 0.0794. The number of amides is 1. The molecule has 1 atom stereocenters. The standard InChI is InChI=1S/C19H24N4O3/c1-19(2,3)20-13-17(24)22-12-11-21-10-4-5-16(21)18(22)14-6-8-15(9-7-14)23(25)26/h4-10,18,20H,11-13H2,1-3H3/p+1/t18-/m1/s1. The van der Waals surface area contributed by atoms with Crippen LogP contribution in [-0.4, -0.2) is 38.9 Å². The van der Waals surface area contributed by atoms with Crippen molar-refractivity contribution in [1.82, 2.24) is 9.47 Å². The maximum atomic E-state index is 12.9. The van der Waals surface area contributed by atoms with Gasteiger partial charge < -0.3 is 14.8 Å². The van der Waals surface area contributed by atoms with E-state index in [9.17, 15) is 14.9 Å². The van der Waals surface area contributed by atoms with Crippen LogP contribution < -0.4 is 5.32 Å². The topological polar surface area (TPSA) is 85.0 Å². The van der Waals surface area contributed by atoms with E-state index < -0.39 is 4.92 Å². The normalized spacial score (nSPS) is 17.0. The summed E-state index contributed by atoms with van der Waals surface area (Å²) in [5, 5.41) is 13.0. The Kier molecular flexibility index (Phi) is 4.82. The minimum atomic E-state index is -0.408. The van der Waals surface area contributed by atoms with Gasteiger partial charge >= 0.3 is 0 Å². The number of fused-ring (bicyclic) bond motifs is 1. The van der Waals surface area contributed by atoms with Crippen LogP contribution in [0.1, 0.15) is 38.1 Å². The molecule has 7 heteroatoms. The molecule has 1 aliphatic heterocycles. The van der Waals surface area contributed by atoms with Crippen LogP contribution in [0, 0.1) is 10.1 Å². The molecule has 0 saturated carbocycles. The molecule has 0 spiro atoms. The molecule has 0 bridgehead atoms. The second-order valence-corrected chi connectivity index (χ2v) is 7.74. The van der Waals surface area contributed by atoms with Gasteiger partial charge in [-0.15, -0.1) is 0 Å². The molecule has 1 aliphatic rings. The maximum Gasteiger partial charge on any atom is 0.278 e. The predicted molar refractivity (Wildman–Crippen MR) is 97.6 cm³/mol. The third-order valence-corrected chi connectivity index (χ3v) is 4.67. The number of hydrogen-bond donors (Lipinski definition) is 1. The molecular weight excluding hydrogens is 332 g/mol. The Morgan fingerprint density at radius 3 is 2.54 bits per heavy atom. The second kappa shape index (κ2) is 6.92. The van der Waals surface area contributed by atoms with E-state index in [-0.39, 0.29) is 23.2 Å². The first kappa shape index (κ1) is 18.1. The molecule has 7 nitrogen and oxygen atoms in total. The molecule has 138 valence electrons. The number of rotatable bonds is 4. The number of hydrogen-bond acceptors (Lipinski definition) is 3. The number of nitro groups is 1. The van der Waals surface area contributed by atoms with Gasteiger partial charge in [0.05, 0.1) is 16.5 Å². The van der Waals surface area contributed by atoms with E-state index in [1.54, 1.807) is 12.1 Å². The van der Waals surface area contributed by atoms with Crippen LogP contribution in [0.2, 0.25) is 0 Å². The first-order valence-corrected chi connectivity index (χ1v) is 8.79. The Bertz CT molecular complexity index is 805. The number of quaternary nitrogens is 1. The van der Waals surface area contributed by atoms with Gasteiger partial charge in [-0.2, -0.15) is 0 Å². The van der Waals surface area contributed by atoms with Crippen molar-refractivity contribution < 1.29 is 15.0 Å². The van der Waals surface area contributed by atoms with Crippen LogP contribution in [0.25, 0.3) is 0 Å². The molecule has 0 aliphatic carbocycles. The zero-order valence-corrected chi connectivity index (χ0v) is 15.4. The van der Waals surface area contributed by atoms with Gasteiger partial charge in [0.2, 0.25) is 0 Å². The largest absolute Gasteiger partial charge is 0.348 e. The Morgan fingerprint density at radius 1 is 1.23 bits per heavy atom. The third-order valence-electron chi connectivity index (χ3n) is 4.67. The Morgan fingerprint density at radius 2 is 1.92 bits per heavy atom. The summed E-state index contributed by atoms with van der Waals surface area (Å²) in [6, 6.07) is 10.3. The lowest BCUT2D eigenvalue weighted by atomic mass is 9.99. The summed E-state index contributed by atoms with van der Waals surface area (Å²) in [6.07, 6.45) is 2.01. The number of carbonyl (C=O) groups excluding carboxylic acids is 1. The lowest BCUT2D eigenvalue weighted by molar-refractivity contribution is -0.707. The van der Waals surface area contributed by atoms with Crippen molar-refractivity contribution in [2.24, 2.45) is 0 Å². The zero-order valence-electron chi connectivity index (χ0n) is 15.4. The van der Waals surface area contributed by atoms with Gasteiger partial charge in [-0.3, -0.25) is 14.9 Å². The molecule has 0 unspecified atom stereocenters. The summed E-state index contributed by atoms with van der Waals surface area (Å²) in [7, 11) is 0. The van der Waals surface area contributed by atoms with E-state index in [4.69, 9.17) is 0 Å². The van der Waals surface area contributed by atoms with E-state index in [1.165, 1.54) is 12.1 Å². The highest BCUT2D eigenvalue weighted by Crippen LogP contribution is 2.33. The number of aromatic nitrogens is 1. The zero-order chi connectivity index (χ0) is 18.9. The monoisotopic (exact) mass is 357 g/mol. The fourth-order valence-electron chi connectivity index (χ4n) is 3.29. The van der Waals surface area contributed by atoms with Gasteiger partial charge in [0.1, 0.15) is 0 Å². The first-order valence-electron chi connectivity index (χ1n) is 8.79. The molecule has 2 heterocycles. The molecule has 2 aromatic rings. The lowest BCUT2D eigenvalue weighted by Crippen LogP contribution is -2.96. The van der Waals surface area contributed by atoms with E-state index in [2.05, 4.69) is 25.3 Å². The van der Waals surface area contributed by atoms with E-state index in [0.29, 0.717) is 13.1 Å². The van der Waals surface area contributed by atoms with Crippen LogP contribution in [0.5, 0.6) is 0 Å². The van der Waals surface area contributed by atoms with Gasteiger partial charge in [0.15, 0.2) is 6.54 Å². The number of nitrogens with two attached hydrogens (primary N) is 1. The summed E-state index contributed by atoms with van der Waals surface area (Å²) in [6.45, 7) is 8.00. The van der Waals surface area contributed by atoms with E-state index >= 15 is 0 Å². The summed E-state index contributed by atoms with van der Waals surface area (Å²) < 4.78 is 2.14. The third kappa shape index (κ3) is 3.77. The number of nitrogens with zero attached hydrogens (tertiary/aromatic N) is 3. The van der Waals surface area contributed by atoms with Gasteiger partial charge in [-0.25, -0.2) is 0 Å². The van der Waals surface area contributed by atoms with Crippen LogP contribution >= 0.6 is 0 Å². The van der Waals surface area contributed by atoms with Crippen LogP contribution in [-0.2, 0) is 11.3 Å². The highest BCUT2D eigenvalue weighted by Gasteiger charge is 2.33. The number of benzene rings is 1. The molecule has 0 fully saturated rings. The molecule has 26 heavy (non-hydrogen) atoms. The summed E-state index contributed by atoms with van der Waals surface area (Å²) in [5.41, 5.74) is 1.96. The lowest BCUT2D eigenvalue weighted by Gasteiger charge is -2.37. The molecule has 0 saturated heterocycles. The molecule has 0 radical (unpaired) electrons. The van der Waals surface area contributed by atoms with Gasteiger partial charge in [-0.05, 0) is 50.6 Å². The number of nitro benzene ring substituents is 1. The SMILES string of the molecule is CC(C)(C)[NH2+]CC(=O)N1CCn2cccc2[C@H]1c1ccc([N+](=O)[O-])cc1. The number of carbonyl (C=O) groups is 1. The average molecular weight is 357 g/mol. The Hall–Kier alpha value is -2.67. The van der Waals surface area contributed by atoms with Gasteiger partial charge in [0, 0.05) is 37.1 Å². The molecule has 1 amide bonds. The van der Waals surface area contributed by atoms with Crippen molar-refractivity contribution in [2.45, 2.75) is 38.9 Å². The highest BCUT2D eigenvalue weighted by molar-refractivity contribution is 5.78. The molecule has 2 N–H and O–H groups in total. The molecule has 1 aromatic heterocycles. The molecule has 1 aromatic carbocycles. The summed E-state index contributed by atoms with van der Waals surface area (Å²) in [4.78, 5) is 25.3. The van der Waals surface area contributed by atoms with Gasteiger partial charge in [0.25, 0.3) is 11.6 Å².